The number of benzene rings is 2. The number of hydrogen-bond donors (Lipinski definition) is 2. The predicted molar refractivity (Wildman–Crippen MR) is 107 cm³/mol. The highest BCUT2D eigenvalue weighted by molar-refractivity contribution is 5.96. The number of primary amides is 1. The molecular formula is C21H17FN4O4. The van der Waals surface area contributed by atoms with Crippen LogP contribution in [-0.4, -0.2) is 34.3 Å². The number of imide groups is 1. The Balaban J connectivity index is 1.83. The summed E-state index contributed by atoms with van der Waals surface area (Å²) in [6.45, 7) is -0.653. The lowest BCUT2D eigenvalue weighted by Crippen LogP contribution is -2.37. The minimum atomic E-state index is -1.04. The van der Waals surface area contributed by atoms with Crippen LogP contribution in [0.1, 0.15) is 5.56 Å². The van der Waals surface area contributed by atoms with E-state index < -0.39 is 24.5 Å². The molecule has 0 fully saturated rings. The lowest BCUT2D eigenvalue weighted by atomic mass is 10.1. The Morgan fingerprint density at radius 2 is 1.80 bits per heavy atom. The number of urea groups is 1. The molecule has 1 heterocycles. The molecular weight excluding hydrogens is 391 g/mol. The van der Waals surface area contributed by atoms with E-state index in [4.69, 9.17) is 10.5 Å². The molecule has 0 saturated carbocycles. The fourth-order valence-corrected chi connectivity index (χ4v) is 2.57. The maximum absolute atomic E-state index is 13.3. The number of nitrogens with two attached hydrogens (primary N) is 1. The van der Waals surface area contributed by atoms with Gasteiger partial charge in [-0.15, -0.1) is 0 Å². The van der Waals surface area contributed by atoms with Crippen LogP contribution in [0.2, 0.25) is 0 Å². The van der Waals surface area contributed by atoms with Crippen LogP contribution in [0.5, 0.6) is 0 Å². The summed E-state index contributed by atoms with van der Waals surface area (Å²) in [5.41, 5.74) is 7.35. The van der Waals surface area contributed by atoms with Crippen LogP contribution in [-0.2, 0) is 14.3 Å². The zero-order valence-electron chi connectivity index (χ0n) is 15.6. The predicted octanol–water partition coefficient (Wildman–Crippen LogP) is 2.43. The number of esters is 1. The molecule has 0 saturated heterocycles. The molecule has 9 heteroatoms. The van der Waals surface area contributed by atoms with Crippen molar-refractivity contribution in [1.29, 1.82) is 0 Å². The summed E-state index contributed by atoms with van der Waals surface area (Å²) < 4.78 is 19.7. The summed E-state index contributed by atoms with van der Waals surface area (Å²) in [5, 5.41) is 6.32. The largest absolute Gasteiger partial charge is 0.452 e. The van der Waals surface area contributed by atoms with Gasteiger partial charge in [0.2, 0.25) is 0 Å². The summed E-state index contributed by atoms with van der Waals surface area (Å²) in [5.74, 6) is -2.02. The first kappa shape index (κ1) is 20.5. The van der Waals surface area contributed by atoms with Crippen molar-refractivity contribution >= 4 is 24.0 Å². The molecule has 0 aliphatic carbocycles. The monoisotopic (exact) mass is 408 g/mol. The highest BCUT2D eigenvalue weighted by Gasteiger charge is 2.12. The second kappa shape index (κ2) is 9.28. The lowest BCUT2D eigenvalue weighted by molar-refractivity contribution is -0.143. The SMILES string of the molecule is NC(=O)NC(=O)COC(=O)C=Cc1cn(-c2ccccc2)nc1-c1ccc(F)cc1. The highest BCUT2D eigenvalue weighted by atomic mass is 19.1. The Morgan fingerprint density at radius 1 is 1.10 bits per heavy atom. The smallest absolute Gasteiger partial charge is 0.331 e. The van der Waals surface area contributed by atoms with Gasteiger partial charge in [0.15, 0.2) is 6.61 Å². The molecule has 30 heavy (non-hydrogen) atoms. The van der Waals surface area contributed by atoms with Crippen molar-refractivity contribution in [2.24, 2.45) is 5.73 Å². The summed E-state index contributed by atoms with van der Waals surface area (Å²) in [7, 11) is 0. The standard InChI is InChI=1S/C21H17FN4O4/c22-16-9-6-14(7-10-16)20-15(12-26(25-20)17-4-2-1-3-5-17)8-11-19(28)30-13-18(27)24-21(23)29/h1-12H,13H2,(H3,23,24,27,29). The normalized spacial score (nSPS) is 10.7. The zero-order chi connectivity index (χ0) is 21.5. The molecule has 2 aromatic carbocycles. The molecule has 1 aromatic heterocycles. The number of ether oxygens (including phenoxy) is 1. The first-order valence-corrected chi connectivity index (χ1v) is 8.77. The molecule has 0 bridgehead atoms. The van der Waals surface area contributed by atoms with Crippen LogP contribution < -0.4 is 11.1 Å². The molecule has 3 aromatic rings. The van der Waals surface area contributed by atoms with E-state index in [9.17, 15) is 18.8 Å². The average Bonchev–Trinajstić information content (AvgIpc) is 3.16. The Morgan fingerprint density at radius 3 is 2.47 bits per heavy atom. The van der Waals surface area contributed by atoms with Crippen molar-refractivity contribution in [3.8, 4) is 16.9 Å². The number of halogens is 1. The number of nitrogens with zero attached hydrogens (tertiary/aromatic N) is 2. The van der Waals surface area contributed by atoms with Gasteiger partial charge < -0.3 is 10.5 Å². The van der Waals surface area contributed by atoms with Gasteiger partial charge in [0.25, 0.3) is 5.91 Å². The van der Waals surface area contributed by atoms with Gasteiger partial charge >= 0.3 is 12.0 Å². The van der Waals surface area contributed by atoms with Crippen molar-refractivity contribution < 1.29 is 23.5 Å². The average molecular weight is 408 g/mol. The Kier molecular flexibility index (Phi) is 6.33. The molecule has 0 atom stereocenters. The van der Waals surface area contributed by atoms with E-state index in [2.05, 4.69) is 5.10 Å². The van der Waals surface area contributed by atoms with Crippen molar-refractivity contribution in [1.82, 2.24) is 15.1 Å². The molecule has 152 valence electrons. The summed E-state index contributed by atoms with van der Waals surface area (Å²) in [6.07, 6.45) is 4.30. The molecule has 0 aliphatic rings. The maximum Gasteiger partial charge on any atom is 0.331 e. The molecule has 0 spiro atoms. The number of aromatic nitrogens is 2. The second-order valence-electron chi connectivity index (χ2n) is 6.07. The highest BCUT2D eigenvalue weighted by Crippen LogP contribution is 2.25. The van der Waals surface area contributed by atoms with Gasteiger partial charge in [-0.25, -0.2) is 18.7 Å². The fourth-order valence-electron chi connectivity index (χ4n) is 2.57. The molecule has 0 unspecified atom stereocenters. The van der Waals surface area contributed by atoms with Crippen molar-refractivity contribution in [3.05, 3.63) is 78.3 Å². The molecule has 0 radical (unpaired) electrons. The number of para-hydroxylation sites is 1. The Labute approximate surface area is 170 Å². The minimum Gasteiger partial charge on any atom is -0.452 e. The third-order valence-corrected chi connectivity index (χ3v) is 3.89. The van der Waals surface area contributed by atoms with Crippen molar-refractivity contribution in [2.45, 2.75) is 0 Å². The molecule has 3 amide bonds. The van der Waals surface area contributed by atoms with Gasteiger partial charge in [0.1, 0.15) is 5.82 Å². The Bertz CT molecular complexity index is 1090. The van der Waals surface area contributed by atoms with Crippen LogP contribution in [0.3, 0.4) is 0 Å². The zero-order valence-corrected chi connectivity index (χ0v) is 15.6. The summed E-state index contributed by atoms with van der Waals surface area (Å²) in [6, 6.07) is 14.1. The first-order chi connectivity index (χ1) is 14.4. The third-order valence-electron chi connectivity index (χ3n) is 3.89. The van der Waals surface area contributed by atoms with Crippen LogP contribution in [0.25, 0.3) is 23.0 Å². The number of carbonyl (C=O) groups excluding carboxylic acids is 3. The van der Waals surface area contributed by atoms with Crippen LogP contribution in [0.15, 0.2) is 66.9 Å². The number of carbonyl (C=O) groups is 3. The summed E-state index contributed by atoms with van der Waals surface area (Å²) >= 11 is 0. The van der Waals surface area contributed by atoms with Gasteiger partial charge in [0, 0.05) is 23.4 Å². The number of hydrogen-bond acceptors (Lipinski definition) is 5. The van der Waals surface area contributed by atoms with E-state index in [0.29, 0.717) is 16.8 Å². The van der Waals surface area contributed by atoms with E-state index in [-0.39, 0.29) is 5.82 Å². The number of nitrogens with one attached hydrogen (secondary N) is 1. The van der Waals surface area contributed by atoms with E-state index in [1.54, 1.807) is 28.3 Å². The van der Waals surface area contributed by atoms with Gasteiger partial charge in [-0.3, -0.25) is 10.1 Å². The molecule has 3 N–H and O–H groups in total. The maximum atomic E-state index is 13.3. The Hall–Kier alpha value is -4.27. The van der Waals surface area contributed by atoms with E-state index in [0.717, 1.165) is 11.8 Å². The van der Waals surface area contributed by atoms with Gasteiger partial charge in [0.05, 0.1) is 11.4 Å². The summed E-state index contributed by atoms with van der Waals surface area (Å²) in [4.78, 5) is 33.8. The topological polar surface area (TPSA) is 116 Å². The quantitative estimate of drug-likeness (QED) is 0.480. The molecule has 3 rings (SSSR count). The fraction of sp³-hybridized carbons (Fsp3) is 0.0476. The molecule has 0 aliphatic heterocycles. The van der Waals surface area contributed by atoms with E-state index >= 15 is 0 Å². The van der Waals surface area contributed by atoms with Crippen LogP contribution >= 0.6 is 0 Å². The van der Waals surface area contributed by atoms with Gasteiger partial charge in [-0.1, -0.05) is 18.2 Å². The third kappa shape index (κ3) is 5.38. The van der Waals surface area contributed by atoms with Crippen LogP contribution in [0, 0.1) is 5.82 Å². The van der Waals surface area contributed by atoms with E-state index in [1.807, 2.05) is 30.3 Å². The minimum absolute atomic E-state index is 0.379. The second-order valence-corrected chi connectivity index (χ2v) is 6.07. The van der Waals surface area contributed by atoms with Gasteiger partial charge in [-0.2, -0.15) is 5.10 Å². The van der Waals surface area contributed by atoms with Gasteiger partial charge in [-0.05, 0) is 42.5 Å². The number of amides is 3. The van der Waals surface area contributed by atoms with Crippen molar-refractivity contribution in [2.75, 3.05) is 6.61 Å². The van der Waals surface area contributed by atoms with Crippen LogP contribution in [0.4, 0.5) is 9.18 Å². The molecule has 8 nitrogen and oxygen atoms in total. The lowest BCUT2D eigenvalue weighted by Gasteiger charge is -2.01. The van der Waals surface area contributed by atoms with E-state index in [1.165, 1.54) is 18.2 Å². The van der Waals surface area contributed by atoms with Crippen molar-refractivity contribution in [3.63, 3.8) is 0 Å². The first-order valence-electron chi connectivity index (χ1n) is 8.77. The number of rotatable bonds is 6.